The molecule has 2 N–H and O–H groups in total. The Hall–Kier alpha value is -2.43. The molecule has 20 heavy (non-hydrogen) atoms. The number of nitrogens with zero attached hydrogens (tertiary/aromatic N) is 2. The number of anilines is 1. The summed E-state index contributed by atoms with van der Waals surface area (Å²) >= 11 is 0. The number of halogens is 2. The van der Waals surface area contributed by atoms with Gasteiger partial charge in [-0.25, -0.2) is 13.8 Å². The number of nitrogens with two attached hydrogens (primary N) is 1. The third-order valence-electron chi connectivity index (χ3n) is 3.35. The van der Waals surface area contributed by atoms with Gasteiger partial charge in [0.15, 0.2) is 0 Å². The minimum absolute atomic E-state index is 0.148. The molecule has 0 aliphatic rings. The van der Waals surface area contributed by atoms with Gasteiger partial charge in [0.25, 0.3) is 0 Å². The van der Waals surface area contributed by atoms with Gasteiger partial charge < -0.3 is 10.3 Å². The molecule has 0 unspecified atom stereocenters. The van der Waals surface area contributed by atoms with Crippen LogP contribution in [0.2, 0.25) is 0 Å². The third kappa shape index (κ3) is 2.01. The van der Waals surface area contributed by atoms with E-state index in [1.165, 1.54) is 6.07 Å². The molecule has 0 saturated heterocycles. The molecule has 0 fully saturated rings. The number of hydrogen-bond donors (Lipinski definition) is 1. The molecule has 0 aliphatic heterocycles. The van der Waals surface area contributed by atoms with Crippen LogP contribution < -0.4 is 5.73 Å². The van der Waals surface area contributed by atoms with Gasteiger partial charge in [0.1, 0.15) is 11.6 Å². The van der Waals surface area contributed by atoms with Crippen LogP contribution in [0.25, 0.3) is 11.0 Å². The summed E-state index contributed by atoms with van der Waals surface area (Å²) < 4.78 is 28.6. The van der Waals surface area contributed by atoms with Gasteiger partial charge in [0, 0.05) is 5.56 Å². The lowest BCUT2D eigenvalue weighted by atomic mass is 10.2. The predicted molar refractivity (Wildman–Crippen MR) is 74.3 cm³/mol. The lowest BCUT2D eigenvalue weighted by Crippen LogP contribution is -2.06. The maximum absolute atomic E-state index is 13.7. The molecule has 0 radical (unpaired) electrons. The van der Waals surface area contributed by atoms with Crippen molar-refractivity contribution in [2.24, 2.45) is 0 Å². The van der Waals surface area contributed by atoms with Crippen molar-refractivity contribution < 1.29 is 8.78 Å². The summed E-state index contributed by atoms with van der Waals surface area (Å²) in [5.41, 5.74) is 8.73. The van der Waals surface area contributed by atoms with Crippen molar-refractivity contribution in [1.29, 1.82) is 0 Å². The van der Waals surface area contributed by atoms with E-state index >= 15 is 0 Å². The number of para-hydroxylation sites is 1. The maximum Gasteiger partial charge on any atom is 0.201 e. The number of nitrogen functional groups attached to an aromatic ring is 1. The van der Waals surface area contributed by atoms with Crippen LogP contribution in [0.3, 0.4) is 0 Å². The lowest BCUT2D eigenvalue weighted by Gasteiger charge is -2.08. The predicted octanol–water partition coefficient (Wildman–Crippen LogP) is 3.25. The van der Waals surface area contributed by atoms with E-state index in [0.29, 0.717) is 0 Å². The van der Waals surface area contributed by atoms with E-state index in [-0.39, 0.29) is 18.1 Å². The largest absolute Gasteiger partial charge is 0.369 e. The second kappa shape index (κ2) is 4.59. The average Bonchev–Trinajstić information content (AvgIpc) is 2.73. The summed E-state index contributed by atoms with van der Waals surface area (Å²) in [4.78, 5) is 4.29. The Morgan fingerprint density at radius 2 is 2.00 bits per heavy atom. The molecule has 0 amide bonds. The zero-order valence-electron chi connectivity index (χ0n) is 10.9. The van der Waals surface area contributed by atoms with E-state index in [1.807, 2.05) is 25.1 Å². The highest BCUT2D eigenvalue weighted by atomic mass is 19.1. The topological polar surface area (TPSA) is 43.8 Å². The quantitative estimate of drug-likeness (QED) is 0.779. The van der Waals surface area contributed by atoms with Gasteiger partial charge in [-0.1, -0.05) is 12.1 Å². The van der Waals surface area contributed by atoms with Crippen LogP contribution in [-0.2, 0) is 6.54 Å². The van der Waals surface area contributed by atoms with E-state index in [1.54, 1.807) is 4.57 Å². The summed E-state index contributed by atoms with van der Waals surface area (Å²) in [6.45, 7) is 2.08. The molecule has 0 spiro atoms. The van der Waals surface area contributed by atoms with Crippen LogP contribution in [-0.4, -0.2) is 9.55 Å². The summed E-state index contributed by atoms with van der Waals surface area (Å²) in [5, 5.41) is 0. The number of imidazole rings is 1. The first-order valence-electron chi connectivity index (χ1n) is 6.21. The summed E-state index contributed by atoms with van der Waals surface area (Å²) in [6.07, 6.45) is 0. The van der Waals surface area contributed by atoms with E-state index in [9.17, 15) is 8.78 Å². The van der Waals surface area contributed by atoms with Gasteiger partial charge in [-0.05, 0) is 36.8 Å². The van der Waals surface area contributed by atoms with Gasteiger partial charge in [0.2, 0.25) is 5.95 Å². The minimum atomic E-state index is -0.472. The van der Waals surface area contributed by atoms with Crippen LogP contribution in [0, 0.1) is 18.6 Å². The van der Waals surface area contributed by atoms with Crippen molar-refractivity contribution in [3.05, 3.63) is 59.2 Å². The second-order valence-corrected chi connectivity index (χ2v) is 4.73. The average molecular weight is 273 g/mol. The molecule has 3 rings (SSSR count). The normalized spacial score (nSPS) is 11.2. The third-order valence-corrected chi connectivity index (χ3v) is 3.35. The van der Waals surface area contributed by atoms with Crippen molar-refractivity contribution in [3.63, 3.8) is 0 Å². The maximum atomic E-state index is 13.7. The van der Waals surface area contributed by atoms with Crippen molar-refractivity contribution in [1.82, 2.24) is 9.55 Å². The standard InChI is InChI=1S/C15H13F2N3/c1-9-3-2-4-13-14(9)19-15(18)20(13)8-10-7-11(16)5-6-12(10)17/h2-7H,8H2,1H3,(H2,18,19). The Balaban J connectivity index is 2.13. The van der Waals surface area contributed by atoms with E-state index in [4.69, 9.17) is 5.73 Å². The second-order valence-electron chi connectivity index (χ2n) is 4.73. The highest BCUT2D eigenvalue weighted by Gasteiger charge is 2.12. The van der Waals surface area contributed by atoms with Gasteiger partial charge in [-0.2, -0.15) is 0 Å². The van der Waals surface area contributed by atoms with Crippen LogP contribution in [0.1, 0.15) is 11.1 Å². The fraction of sp³-hybridized carbons (Fsp3) is 0.133. The SMILES string of the molecule is Cc1cccc2c1nc(N)n2Cc1cc(F)ccc1F. The molecule has 0 aliphatic carbocycles. The molecule has 1 aromatic heterocycles. The van der Waals surface area contributed by atoms with Gasteiger partial charge in [0.05, 0.1) is 17.6 Å². The Morgan fingerprint density at radius 1 is 1.20 bits per heavy atom. The van der Waals surface area contributed by atoms with E-state index in [0.717, 1.165) is 28.7 Å². The molecule has 0 atom stereocenters. The molecule has 0 saturated carbocycles. The minimum Gasteiger partial charge on any atom is -0.369 e. The zero-order chi connectivity index (χ0) is 14.3. The van der Waals surface area contributed by atoms with Crippen molar-refractivity contribution in [2.75, 3.05) is 5.73 Å². The summed E-state index contributed by atoms with van der Waals surface area (Å²) in [5.74, 6) is -0.640. The first-order valence-corrected chi connectivity index (χ1v) is 6.21. The van der Waals surface area contributed by atoms with Gasteiger partial charge in [-0.15, -0.1) is 0 Å². The monoisotopic (exact) mass is 273 g/mol. The van der Waals surface area contributed by atoms with Crippen molar-refractivity contribution in [3.8, 4) is 0 Å². The Labute approximate surface area is 114 Å². The zero-order valence-corrected chi connectivity index (χ0v) is 10.9. The highest BCUT2D eigenvalue weighted by Crippen LogP contribution is 2.23. The smallest absolute Gasteiger partial charge is 0.201 e. The fourth-order valence-electron chi connectivity index (χ4n) is 2.31. The summed E-state index contributed by atoms with van der Waals surface area (Å²) in [6, 6.07) is 9.07. The Bertz CT molecular complexity index is 793. The molecule has 5 heteroatoms. The number of rotatable bonds is 2. The molecular weight excluding hydrogens is 260 g/mol. The Morgan fingerprint density at radius 3 is 2.80 bits per heavy atom. The number of benzene rings is 2. The molecule has 1 heterocycles. The summed E-state index contributed by atoms with van der Waals surface area (Å²) in [7, 11) is 0. The fourth-order valence-corrected chi connectivity index (χ4v) is 2.31. The molecule has 0 bridgehead atoms. The van der Waals surface area contributed by atoms with Crippen LogP contribution in [0.15, 0.2) is 36.4 Å². The number of aromatic nitrogens is 2. The van der Waals surface area contributed by atoms with Gasteiger partial charge >= 0.3 is 0 Å². The molecule has 3 aromatic rings. The Kier molecular flexibility index (Phi) is 2.89. The first-order chi connectivity index (χ1) is 9.56. The highest BCUT2D eigenvalue weighted by molar-refractivity contribution is 5.81. The molecule has 3 nitrogen and oxygen atoms in total. The number of fused-ring (bicyclic) bond motifs is 1. The van der Waals surface area contributed by atoms with Crippen molar-refractivity contribution in [2.45, 2.75) is 13.5 Å². The van der Waals surface area contributed by atoms with Gasteiger partial charge in [-0.3, -0.25) is 0 Å². The number of aryl methyl sites for hydroxylation is 1. The lowest BCUT2D eigenvalue weighted by molar-refractivity contribution is 0.579. The van der Waals surface area contributed by atoms with Crippen LogP contribution in [0.5, 0.6) is 0 Å². The molecule has 102 valence electrons. The van der Waals surface area contributed by atoms with E-state index < -0.39 is 11.6 Å². The van der Waals surface area contributed by atoms with Crippen LogP contribution in [0.4, 0.5) is 14.7 Å². The number of hydrogen-bond acceptors (Lipinski definition) is 2. The first kappa shape index (κ1) is 12.6. The van der Waals surface area contributed by atoms with Crippen molar-refractivity contribution >= 4 is 17.0 Å². The van der Waals surface area contributed by atoms with Crippen LogP contribution >= 0.6 is 0 Å². The molecular formula is C15H13F2N3. The molecule has 2 aromatic carbocycles. The van der Waals surface area contributed by atoms with E-state index in [2.05, 4.69) is 4.98 Å².